The quantitative estimate of drug-likeness (QED) is 0.813. The van der Waals surface area contributed by atoms with E-state index in [-0.39, 0.29) is 0 Å². The summed E-state index contributed by atoms with van der Waals surface area (Å²) in [5.74, 6) is 0. The van der Waals surface area contributed by atoms with E-state index in [0.717, 1.165) is 26.2 Å². The molecule has 1 heterocycles. The van der Waals surface area contributed by atoms with E-state index < -0.39 is 10.0 Å². The highest BCUT2D eigenvalue weighted by atomic mass is 35.5. The number of benzene rings is 1. The van der Waals surface area contributed by atoms with E-state index in [4.69, 9.17) is 11.6 Å². The Morgan fingerprint density at radius 3 is 2.19 bits per heavy atom. The predicted molar refractivity (Wildman–Crippen MR) is 85.2 cm³/mol. The summed E-state index contributed by atoms with van der Waals surface area (Å²) in [5, 5.41) is 0.544. The Morgan fingerprint density at radius 2 is 1.67 bits per heavy atom. The molecule has 0 atom stereocenters. The molecule has 118 valence electrons. The molecule has 0 aromatic heterocycles. The smallest absolute Gasteiger partial charge is 0.243 e. The van der Waals surface area contributed by atoms with Gasteiger partial charge in [0.2, 0.25) is 10.0 Å². The maximum Gasteiger partial charge on any atom is 0.243 e. The maximum absolute atomic E-state index is 12.5. The van der Waals surface area contributed by atoms with Gasteiger partial charge in [-0.05, 0) is 38.4 Å². The average Bonchev–Trinajstić information content (AvgIpc) is 2.46. The second-order valence-electron chi connectivity index (χ2n) is 5.50. The van der Waals surface area contributed by atoms with Crippen LogP contribution in [0, 0.1) is 0 Å². The number of hydrogen-bond acceptors (Lipinski definition) is 4. The lowest BCUT2D eigenvalue weighted by Gasteiger charge is -2.34. The summed E-state index contributed by atoms with van der Waals surface area (Å²) in [6.07, 6.45) is 0. The molecule has 1 aliphatic rings. The number of rotatable bonds is 5. The van der Waals surface area contributed by atoms with Gasteiger partial charge in [0.25, 0.3) is 0 Å². The lowest BCUT2D eigenvalue weighted by molar-refractivity contribution is 0.174. The summed E-state index contributed by atoms with van der Waals surface area (Å²) >= 11 is 5.81. The van der Waals surface area contributed by atoms with Crippen LogP contribution in [0.2, 0.25) is 5.02 Å². The Balaban J connectivity index is 1.96. The zero-order chi connectivity index (χ0) is 15.5. The maximum atomic E-state index is 12.5. The van der Waals surface area contributed by atoms with Crippen molar-refractivity contribution in [1.82, 2.24) is 14.1 Å². The van der Waals surface area contributed by atoms with E-state index in [1.54, 1.807) is 28.6 Å². The van der Waals surface area contributed by atoms with Crippen molar-refractivity contribution in [2.24, 2.45) is 0 Å². The van der Waals surface area contributed by atoms with Crippen molar-refractivity contribution in [2.75, 3.05) is 53.4 Å². The van der Waals surface area contributed by atoms with Crippen molar-refractivity contribution in [3.05, 3.63) is 29.3 Å². The topological polar surface area (TPSA) is 43.9 Å². The molecule has 5 nitrogen and oxygen atoms in total. The molecule has 0 N–H and O–H groups in total. The molecule has 1 aromatic carbocycles. The van der Waals surface area contributed by atoms with E-state index in [0.29, 0.717) is 23.0 Å². The fourth-order valence-electron chi connectivity index (χ4n) is 2.29. The average molecular weight is 332 g/mol. The molecule has 1 aliphatic heterocycles. The van der Waals surface area contributed by atoms with Gasteiger partial charge in [0, 0.05) is 44.3 Å². The van der Waals surface area contributed by atoms with Crippen molar-refractivity contribution in [1.29, 1.82) is 0 Å². The summed E-state index contributed by atoms with van der Waals surface area (Å²) in [6.45, 7) is 4.60. The van der Waals surface area contributed by atoms with Crippen LogP contribution in [0.5, 0.6) is 0 Å². The van der Waals surface area contributed by atoms with Crippen LogP contribution in [-0.4, -0.2) is 75.9 Å². The Bertz CT molecular complexity index is 552. The van der Waals surface area contributed by atoms with Crippen LogP contribution in [0.3, 0.4) is 0 Å². The number of likely N-dealkylation sites (N-methyl/N-ethyl adjacent to an activating group) is 1. The third-order valence-corrected chi connectivity index (χ3v) is 5.81. The van der Waals surface area contributed by atoms with Crippen molar-refractivity contribution in [3.8, 4) is 0 Å². The van der Waals surface area contributed by atoms with E-state index in [1.165, 1.54) is 0 Å². The second-order valence-corrected chi connectivity index (χ2v) is 7.88. The monoisotopic (exact) mass is 331 g/mol. The molecule has 0 amide bonds. The molecule has 0 radical (unpaired) electrons. The summed E-state index contributed by atoms with van der Waals surface area (Å²) in [5.41, 5.74) is 0. The molecule has 2 rings (SSSR count). The molecule has 7 heteroatoms. The molecule has 0 spiro atoms. The predicted octanol–water partition coefficient (Wildman–Crippen LogP) is 1.21. The molecule has 0 unspecified atom stereocenters. The van der Waals surface area contributed by atoms with E-state index in [9.17, 15) is 8.42 Å². The van der Waals surface area contributed by atoms with Crippen LogP contribution >= 0.6 is 11.6 Å². The number of sulfonamides is 1. The Morgan fingerprint density at radius 1 is 1.10 bits per heavy atom. The van der Waals surface area contributed by atoms with E-state index >= 15 is 0 Å². The van der Waals surface area contributed by atoms with Crippen molar-refractivity contribution < 1.29 is 8.42 Å². The van der Waals surface area contributed by atoms with Crippen molar-refractivity contribution >= 4 is 21.6 Å². The number of halogens is 1. The van der Waals surface area contributed by atoms with Crippen LogP contribution in [0.25, 0.3) is 0 Å². The third-order valence-electron chi connectivity index (χ3n) is 3.65. The zero-order valence-corrected chi connectivity index (χ0v) is 14.1. The summed E-state index contributed by atoms with van der Waals surface area (Å²) in [7, 11) is 0.690. The van der Waals surface area contributed by atoms with Gasteiger partial charge in [-0.3, -0.25) is 4.90 Å². The van der Waals surface area contributed by atoms with Crippen LogP contribution < -0.4 is 0 Å². The molecule has 1 aromatic rings. The standard InChI is InChI=1S/C14H22ClN3O2S/c1-16(2)7-8-17-9-11-18(12-10-17)21(19,20)14-5-3-13(15)4-6-14/h3-6H,7-12H2,1-2H3. The highest BCUT2D eigenvalue weighted by Gasteiger charge is 2.28. The first-order valence-electron chi connectivity index (χ1n) is 7.02. The van der Waals surface area contributed by atoms with Crippen LogP contribution in [0.15, 0.2) is 29.2 Å². The van der Waals surface area contributed by atoms with Gasteiger partial charge in [0.1, 0.15) is 0 Å². The van der Waals surface area contributed by atoms with Crippen molar-refractivity contribution in [3.63, 3.8) is 0 Å². The molecule has 0 saturated carbocycles. The van der Waals surface area contributed by atoms with E-state index in [2.05, 4.69) is 9.80 Å². The molecule has 0 aliphatic carbocycles. The minimum Gasteiger partial charge on any atom is -0.308 e. The first-order chi connectivity index (χ1) is 9.89. The molecular weight excluding hydrogens is 310 g/mol. The van der Waals surface area contributed by atoms with Gasteiger partial charge in [-0.2, -0.15) is 4.31 Å². The Kier molecular flexibility index (Phi) is 5.62. The van der Waals surface area contributed by atoms with E-state index in [1.807, 2.05) is 14.1 Å². The SMILES string of the molecule is CN(C)CCN1CCN(S(=O)(=O)c2ccc(Cl)cc2)CC1. The Labute approximate surface area is 132 Å². The minimum absolute atomic E-state index is 0.314. The lowest BCUT2D eigenvalue weighted by Crippen LogP contribution is -2.49. The second kappa shape index (κ2) is 7.07. The molecule has 0 bridgehead atoms. The van der Waals surface area contributed by atoms with Crippen LogP contribution in [0.1, 0.15) is 0 Å². The Hall–Kier alpha value is -0.660. The van der Waals surface area contributed by atoms with Gasteiger partial charge in [0.05, 0.1) is 4.90 Å². The van der Waals surface area contributed by atoms with Gasteiger partial charge in [-0.1, -0.05) is 11.6 Å². The van der Waals surface area contributed by atoms with Crippen molar-refractivity contribution in [2.45, 2.75) is 4.90 Å². The zero-order valence-electron chi connectivity index (χ0n) is 12.5. The highest BCUT2D eigenvalue weighted by Crippen LogP contribution is 2.19. The number of piperazine rings is 1. The highest BCUT2D eigenvalue weighted by molar-refractivity contribution is 7.89. The first kappa shape index (κ1) is 16.7. The van der Waals surface area contributed by atoms with Gasteiger partial charge in [0.15, 0.2) is 0 Å². The number of hydrogen-bond donors (Lipinski definition) is 0. The third kappa shape index (κ3) is 4.40. The van der Waals surface area contributed by atoms with Crippen LogP contribution in [-0.2, 0) is 10.0 Å². The normalized spacial score (nSPS) is 18.3. The molecule has 1 saturated heterocycles. The van der Waals surface area contributed by atoms with Gasteiger partial charge in [-0.25, -0.2) is 8.42 Å². The lowest BCUT2D eigenvalue weighted by atomic mass is 10.3. The summed E-state index contributed by atoms with van der Waals surface area (Å²) in [4.78, 5) is 4.75. The van der Waals surface area contributed by atoms with Gasteiger partial charge >= 0.3 is 0 Å². The van der Waals surface area contributed by atoms with Gasteiger partial charge < -0.3 is 4.90 Å². The molecular formula is C14H22ClN3O2S. The first-order valence-corrected chi connectivity index (χ1v) is 8.84. The largest absolute Gasteiger partial charge is 0.308 e. The number of nitrogens with zero attached hydrogens (tertiary/aromatic N) is 3. The molecule has 21 heavy (non-hydrogen) atoms. The fourth-order valence-corrected chi connectivity index (χ4v) is 3.84. The fraction of sp³-hybridized carbons (Fsp3) is 0.571. The minimum atomic E-state index is -3.40. The summed E-state index contributed by atoms with van der Waals surface area (Å²) in [6, 6.07) is 6.36. The van der Waals surface area contributed by atoms with Gasteiger partial charge in [-0.15, -0.1) is 0 Å². The molecule has 1 fully saturated rings. The summed E-state index contributed by atoms with van der Waals surface area (Å²) < 4.78 is 26.6. The van der Waals surface area contributed by atoms with Crippen LogP contribution in [0.4, 0.5) is 0 Å².